The van der Waals surface area contributed by atoms with Crippen LogP contribution in [0.1, 0.15) is 16.5 Å². The fraction of sp³-hybridized carbons (Fsp3) is 0.529. The number of amides is 2. The first kappa shape index (κ1) is 16.3. The molecule has 0 spiro atoms. The van der Waals surface area contributed by atoms with Crippen LogP contribution in [0.4, 0.5) is 0 Å². The van der Waals surface area contributed by atoms with E-state index in [2.05, 4.69) is 18.0 Å². The van der Waals surface area contributed by atoms with Crippen LogP contribution in [0.2, 0.25) is 0 Å². The molecule has 0 bridgehead atoms. The molecule has 5 nitrogen and oxygen atoms in total. The van der Waals surface area contributed by atoms with Gasteiger partial charge in [0.2, 0.25) is 11.8 Å². The Morgan fingerprint density at radius 2 is 2.00 bits per heavy atom. The predicted molar refractivity (Wildman–Crippen MR) is 92.2 cm³/mol. The molecule has 0 aromatic heterocycles. The van der Waals surface area contributed by atoms with Crippen molar-refractivity contribution in [1.29, 1.82) is 0 Å². The molecule has 2 fully saturated rings. The Balaban J connectivity index is 1.69. The van der Waals surface area contributed by atoms with Gasteiger partial charge in [-0.15, -0.1) is 11.8 Å². The maximum Gasteiger partial charge on any atom is 0.242 e. The van der Waals surface area contributed by atoms with Crippen LogP contribution in [0.3, 0.4) is 0 Å². The molecule has 2 aliphatic heterocycles. The molecule has 1 aromatic rings. The van der Waals surface area contributed by atoms with Crippen LogP contribution in [0.5, 0.6) is 0 Å². The summed E-state index contributed by atoms with van der Waals surface area (Å²) >= 11 is 1.61. The van der Waals surface area contributed by atoms with Crippen LogP contribution in [0.25, 0.3) is 0 Å². The Morgan fingerprint density at radius 3 is 2.70 bits per heavy atom. The third-order valence-electron chi connectivity index (χ3n) is 4.46. The third kappa shape index (κ3) is 3.70. The summed E-state index contributed by atoms with van der Waals surface area (Å²) in [5.74, 6) is 0.574. The number of carbonyl (C=O) groups is 2. The van der Waals surface area contributed by atoms with Crippen molar-refractivity contribution in [1.82, 2.24) is 14.7 Å². The number of hydrogen-bond donors (Lipinski definition) is 0. The van der Waals surface area contributed by atoms with Gasteiger partial charge in [0.05, 0.1) is 5.75 Å². The van der Waals surface area contributed by atoms with Gasteiger partial charge in [-0.05, 0) is 19.5 Å². The van der Waals surface area contributed by atoms with E-state index in [0.717, 1.165) is 31.7 Å². The molecule has 2 saturated heterocycles. The van der Waals surface area contributed by atoms with E-state index in [1.165, 1.54) is 5.56 Å². The van der Waals surface area contributed by atoms with Gasteiger partial charge in [-0.3, -0.25) is 9.59 Å². The quantitative estimate of drug-likeness (QED) is 0.837. The number of aryl methyl sites for hydroxylation is 1. The van der Waals surface area contributed by atoms with Crippen LogP contribution in [-0.4, -0.2) is 72.0 Å². The summed E-state index contributed by atoms with van der Waals surface area (Å²) in [4.78, 5) is 30.6. The molecule has 1 aromatic carbocycles. The first-order chi connectivity index (χ1) is 11.0. The summed E-state index contributed by atoms with van der Waals surface area (Å²) in [5, 5.41) is -0.0428. The fourth-order valence-electron chi connectivity index (χ4n) is 3.03. The summed E-state index contributed by atoms with van der Waals surface area (Å²) < 4.78 is 0. The van der Waals surface area contributed by atoms with Crippen molar-refractivity contribution < 1.29 is 9.59 Å². The molecular formula is C17H23N3O2S. The lowest BCUT2D eigenvalue weighted by molar-refractivity contribution is -0.140. The SMILES string of the molecule is Cc1cccc(C2SCC(=O)N2CC(=O)N2CCN(C)CC2)c1. The van der Waals surface area contributed by atoms with Crippen molar-refractivity contribution in [2.75, 3.05) is 45.5 Å². The van der Waals surface area contributed by atoms with Gasteiger partial charge in [0, 0.05) is 26.2 Å². The molecule has 2 amide bonds. The number of thioether (sulfide) groups is 1. The van der Waals surface area contributed by atoms with Gasteiger partial charge in [-0.2, -0.15) is 0 Å². The molecule has 3 rings (SSSR count). The van der Waals surface area contributed by atoms with E-state index >= 15 is 0 Å². The molecule has 6 heteroatoms. The second kappa shape index (κ2) is 6.93. The van der Waals surface area contributed by atoms with Crippen molar-refractivity contribution in [2.24, 2.45) is 0 Å². The number of piperazine rings is 1. The standard InChI is InChI=1S/C17H23N3O2S/c1-13-4-3-5-14(10-13)17-20(16(22)12-23-17)11-15(21)19-8-6-18(2)7-9-19/h3-5,10,17H,6-9,11-12H2,1-2H3. The maximum atomic E-state index is 12.6. The van der Waals surface area contributed by atoms with E-state index in [0.29, 0.717) is 5.75 Å². The summed E-state index contributed by atoms with van der Waals surface area (Å²) in [7, 11) is 2.07. The first-order valence-corrected chi connectivity index (χ1v) is 9.03. The van der Waals surface area contributed by atoms with Crippen LogP contribution in [0.15, 0.2) is 24.3 Å². The Labute approximate surface area is 141 Å². The van der Waals surface area contributed by atoms with E-state index in [1.807, 2.05) is 30.0 Å². The molecule has 1 unspecified atom stereocenters. The average Bonchev–Trinajstić information content (AvgIpc) is 2.89. The molecule has 23 heavy (non-hydrogen) atoms. The first-order valence-electron chi connectivity index (χ1n) is 7.98. The molecule has 2 aliphatic rings. The number of rotatable bonds is 3. The number of benzene rings is 1. The lowest BCUT2D eigenvalue weighted by Gasteiger charge is -2.34. The molecule has 0 saturated carbocycles. The minimum absolute atomic E-state index is 0.0428. The van der Waals surface area contributed by atoms with Gasteiger partial charge in [-0.1, -0.05) is 29.8 Å². The van der Waals surface area contributed by atoms with E-state index in [4.69, 9.17) is 0 Å². The zero-order valence-corrected chi connectivity index (χ0v) is 14.5. The van der Waals surface area contributed by atoms with Crippen LogP contribution >= 0.6 is 11.8 Å². The topological polar surface area (TPSA) is 43.9 Å². The average molecular weight is 333 g/mol. The second-order valence-electron chi connectivity index (χ2n) is 6.28. The van der Waals surface area contributed by atoms with Gasteiger partial charge < -0.3 is 14.7 Å². The van der Waals surface area contributed by atoms with Crippen LogP contribution in [0, 0.1) is 6.92 Å². The minimum atomic E-state index is -0.0428. The zero-order chi connectivity index (χ0) is 16.4. The Kier molecular flexibility index (Phi) is 4.92. The van der Waals surface area contributed by atoms with Gasteiger partial charge in [0.15, 0.2) is 0 Å². The number of carbonyl (C=O) groups excluding carboxylic acids is 2. The van der Waals surface area contributed by atoms with Crippen molar-refractivity contribution in [3.63, 3.8) is 0 Å². The minimum Gasteiger partial charge on any atom is -0.339 e. The summed E-state index contributed by atoms with van der Waals surface area (Å²) in [6.45, 7) is 5.53. The zero-order valence-electron chi connectivity index (χ0n) is 13.7. The second-order valence-corrected chi connectivity index (χ2v) is 7.35. The molecule has 124 valence electrons. The summed E-state index contributed by atoms with van der Waals surface area (Å²) in [6, 6.07) is 8.19. The van der Waals surface area contributed by atoms with Gasteiger partial charge >= 0.3 is 0 Å². The van der Waals surface area contributed by atoms with E-state index < -0.39 is 0 Å². The van der Waals surface area contributed by atoms with E-state index in [1.54, 1.807) is 16.7 Å². The van der Waals surface area contributed by atoms with Crippen molar-refractivity contribution in [3.8, 4) is 0 Å². The molecule has 0 aliphatic carbocycles. The molecule has 0 radical (unpaired) electrons. The third-order valence-corrected chi connectivity index (χ3v) is 5.71. The number of likely N-dealkylation sites (N-methyl/N-ethyl adjacent to an activating group) is 1. The lowest BCUT2D eigenvalue weighted by Crippen LogP contribution is -2.50. The largest absolute Gasteiger partial charge is 0.339 e. The molecule has 2 heterocycles. The highest BCUT2D eigenvalue weighted by molar-refractivity contribution is 8.00. The highest BCUT2D eigenvalue weighted by Gasteiger charge is 2.35. The molecular weight excluding hydrogens is 310 g/mol. The smallest absolute Gasteiger partial charge is 0.242 e. The number of hydrogen-bond acceptors (Lipinski definition) is 4. The molecule has 1 atom stereocenters. The van der Waals surface area contributed by atoms with E-state index in [-0.39, 0.29) is 23.7 Å². The predicted octanol–water partition coefficient (Wildman–Crippen LogP) is 1.34. The maximum absolute atomic E-state index is 12.6. The molecule has 0 N–H and O–H groups in total. The van der Waals surface area contributed by atoms with E-state index in [9.17, 15) is 9.59 Å². The summed E-state index contributed by atoms with van der Waals surface area (Å²) in [6.07, 6.45) is 0. The van der Waals surface area contributed by atoms with Crippen molar-refractivity contribution >= 4 is 23.6 Å². The normalized spacial score (nSPS) is 22.7. The highest BCUT2D eigenvalue weighted by Crippen LogP contribution is 2.38. The van der Waals surface area contributed by atoms with Gasteiger partial charge in [0.1, 0.15) is 11.9 Å². The van der Waals surface area contributed by atoms with Crippen LogP contribution < -0.4 is 0 Å². The summed E-state index contributed by atoms with van der Waals surface area (Å²) in [5.41, 5.74) is 2.28. The fourth-order valence-corrected chi connectivity index (χ4v) is 4.20. The number of nitrogens with zero attached hydrogens (tertiary/aromatic N) is 3. The Morgan fingerprint density at radius 1 is 1.26 bits per heavy atom. The van der Waals surface area contributed by atoms with Gasteiger partial charge in [0.25, 0.3) is 0 Å². The van der Waals surface area contributed by atoms with Gasteiger partial charge in [-0.25, -0.2) is 0 Å². The Bertz CT molecular complexity index is 599. The van der Waals surface area contributed by atoms with Crippen LogP contribution in [-0.2, 0) is 9.59 Å². The monoisotopic (exact) mass is 333 g/mol. The highest BCUT2D eigenvalue weighted by atomic mass is 32.2. The van der Waals surface area contributed by atoms with Crippen molar-refractivity contribution in [2.45, 2.75) is 12.3 Å². The lowest BCUT2D eigenvalue weighted by atomic mass is 10.1. The van der Waals surface area contributed by atoms with Crippen molar-refractivity contribution in [3.05, 3.63) is 35.4 Å². The Hall–Kier alpha value is -1.53.